The lowest BCUT2D eigenvalue weighted by Gasteiger charge is -2.17. The average molecular weight is 438 g/mol. The summed E-state index contributed by atoms with van der Waals surface area (Å²) < 4.78 is 6.92. The number of amides is 1. The number of benzene rings is 1. The van der Waals surface area contributed by atoms with Crippen LogP contribution < -0.4 is 9.64 Å². The topological polar surface area (TPSA) is 58.6 Å². The molecule has 1 amide bonds. The normalized spacial score (nSPS) is 17.0. The van der Waals surface area contributed by atoms with Crippen molar-refractivity contribution >= 4 is 34.3 Å². The average Bonchev–Trinajstić information content (AvgIpc) is 3.03. The molecule has 0 bridgehead atoms. The monoisotopic (exact) mass is 438 g/mol. The molecular weight excluding hydrogens is 419 g/mol. The van der Waals surface area contributed by atoms with Crippen molar-refractivity contribution in [3.63, 3.8) is 0 Å². The van der Waals surface area contributed by atoms with Gasteiger partial charge in [-0.1, -0.05) is 6.07 Å². The molecule has 0 N–H and O–H groups in total. The van der Waals surface area contributed by atoms with Gasteiger partial charge in [0.05, 0.1) is 6.54 Å². The van der Waals surface area contributed by atoms with E-state index in [0.29, 0.717) is 19.0 Å². The number of halogens is 1. The number of carbonyl (C=O) groups excluding carboxylic acids is 1. The van der Waals surface area contributed by atoms with Crippen LogP contribution >= 0.6 is 22.6 Å². The molecule has 2 aromatic rings. The minimum Gasteiger partial charge on any atom is -0.471 e. The van der Waals surface area contributed by atoms with Gasteiger partial charge >= 0.3 is 0 Å². The molecular formula is C17H19IN4O2. The number of carbonyl (C=O) groups is 1. The number of nitrogens with zero attached hydrogens (tertiary/aromatic N) is 4. The first kappa shape index (κ1) is 16.9. The van der Waals surface area contributed by atoms with Gasteiger partial charge in [-0.2, -0.15) is 0 Å². The lowest BCUT2D eigenvalue weighted by molar-refractivity contribution is 0.0771. The van der Waals surface area contributed by atoms with Crippen LogP contribution in [0.15, 0.2) is 36.4 Å². The highest BCUT2D eigenvalue weighted by Crippen LogP contribution is 2.20. The van der Waals surface area contributed by atoms with E-state index in [1.165, 1.54) is 0 Å². The standard InChI is InChI=1S/C17H19IN4O2/c1-21(2)15-6-7-16(20-19-15)24-14-8-9-22(11-14)17(23)12-4-3-5-13(18)10-12/h3-7,10,14H,8-9,11H2,1-2H3. The fraction of sp³-hybridized carbons (Fsp3) is 0.353. The van der Waals surface area contributed by atoms with E-state index >= 15 is 0 Å². The Kier molecular flexibility index (Phi) is 5.17. The summed E-state index contributed by atoms with van der Waals surface area (Å²) in [6, 6.07) is 11.3. The summed E-state index contributed by atoms with van der Waals surface area (Å²) in [5.74, 6) is 1.33. The van der Waals surface area contributed by atoms with Crippen molar-refractivity contribution in [2.75, 3.05) is 32.1 Å². The third-order valence-corrected chi connectivity index (χ3v) is 4.55. The lowest BCUT2D eigenvalue weighted by Crippen LogP contribution is -2.31. The third-order valence-electron chi connectivity index (χ3n) is 3.88. The van der Waals surface area contributed by atoms with Crippen LogP contribution in [0.25, 0.3) is 0 Å². The summed E-state index contributed by atoms with van der Waals surface area (Å²) in [6.45, 7) is 1.26. The maximum absolute atomic E-state index is 12.6. The molecule has 1 atom stereocenters. The van der Waals surface area contributed by atoms with Crippen molar-refractivity contribution in [3.05, 3.63) is 45.5 Å². The highest BCUT2D eigenvalue weighted by molar-refractivity contribution is 14.1. The number of ether oxygens (including phenoxy) is 1. The Morgan fingerprint density at radius 3 is 2.79 bits per heavy atom. The van der Waals surface area contributed by atoms with Gasteiger partial charge in [-0.3, -0.25) is 4.79 Å². The van der Waals surface area contributed by atoms with Gasteiger partial charge in [-0.05, 0) is 46.9 Å². The van der Waals surface area contributed by atoms with Crippen molar-refractivity contribution in [2.45, 2.75) is 12.5 Å². The van der Waals surface area contributed by atoms with Gasteiger partial charge in [0.15, 0.2) is 5.82 Å². The van der Waals surface area contributed by atoms with Gasteiger partial charge in [0, 0.05) is 42.3 Å². The van der Waals surface area contributed by atoms with Crippen molar-refractivity contribution in [1.29, 1.82) is 0 Å². The Hall–Kier alpha value is -1.90. The molecule has 2 heterocycles. The molecule has 1 saturated heterocycles. The summed E-state index contributed by atoms with van der Waals surface area (Å²) in [5.41, 5.74) is 0.720. The van der Waals surface area contributed by atoms with Crippen molar-refractivity contribution in [2.24, 2.45) is 0 Å². The molecule has 0 radical (unpaired) electrons. The molecule has 6 nitrogen and oxygen atoms in total. The minimum absolute atomic E-state index is 0.0451. The number of hydrogen-bond donors (Lipinski definition) is 0. The van der Waals surface area contributed by atoms with E-state index < -0.39 is 0 Å². The molecule has 1 aliphatic rings. The molecule has 0 aliphatic carbocycles. The van der Waals surface area contributed by atoms with Crippen LogP contribution in [0.5, 0.6) is 5.88 Å². The van der Waals surface area contributed by atoms with Gasteiger partial charge in [0.2, 0.25) is 5.88 Å². The number of likely N-dealkylation sites (tertiary alicyclic amines) is 1. The fourth-order valence-corrected chi connectivity index (χ4v) is 3.14. The fourth-order valence-electron chi connectivity index (χ4n) is 2.60. The lowest BCUT2D eigenvalue weighted by atomic mass is 10.2. The molecule has 1 aromatic carbocycles. The summed E-state index contributed by atoms with van der Waals surface area (Å²) >= 11 is 2.21. The third kappa shape index (κ3) is 3.95. The Morgan fingerprint density at radius 1 is 1.29 bits per heavy atom. The first-order chi connectivity index (χ1) is 11.5. The zero-order valence-corrected chi connectivity index (χ0v) is 15.8. The molecule has 24 heavy (non-hydrogen) atoms. The predicted molar refractivity (Wildman–Crippen MR) is 100 cm³/mol. The molecule has 1 aromatic heterocycles. The molecule has 1 unspecified atom stereocenters. The van der Waals surface area contributed by atoms with Crippen LogP contribution in [0, 0.1) is 3.57 Å². The smallest absolute Gasteiger partial charge is 0.254 e. The summed E-state index contributed by atoms with van der Waals surface area (Å²) in [4.78, 5) is 16.3. The van der Waals surface area contributed by atoms with Gasteiger partial charge in [-0.25, -0.2) is 0 Å². The molecule has 7 heteroatoms. The van der Waals surface area contributed by atoms with E-state index in [0.717, 1.165) is 21.4 Å². The largest absolute Gasteiger partial charge is 0.471 e. The van der Waals surface area contributed by atoms with E-state index in [1.807, 2.05) is 60.3 Å². The van der Waals surface area contributed by atoms with Crippen LogP contribution in [-0.4, -0.2) is 54.3 Å². The number of anilines is 1. The summed E-state index contributed by atoms with van der Waals surface area (Å²) in [7, 11) is 3.82. The van der Waals surface area contributed by atoms with E-state index in [2.05, 4.69) is 32.8 Å². The molecule has 126 valence electrons. The second-order valence-corrected chi connectivity index (χ2v) is 7.16. The van der Waals surface area contributed by atoms with Gasteiger partial charge in [0.25, 0.3) is 5.91 Å². The number of aromatic nitrogens is 2. The number of hydrogen-bond acceptors (Lipinski definition) is 5. The molecule has 0 saturated carbocycles. The molecule has 1 fully saturated rings. The maximum Gasteiger partial charge on any atom is 0.254 e. The van der Waals surface area contributed by atoms with Crippen molar-refractivity contribution in [3.8, 4) is 5.88 Å². The van der Waals surface area contributed by atoms with Gasteiger partial charge in [-0.15, -0.1) is 10.2 Å². The predicted octanol–water partition coefficient (Wildman–Crippen LogP) is 2.44. The van der Waals surface area contributed by atoms with Crippen LogP contribution in [0.3, 0.4) is 0 Å². The van der Waals surface area contributed by atoms with E-state index in [1.54, 1.807) is 0 Å². The maximum atomic E-state index is 12.6. The van der Waals surface area contributed by atoms with Crippen LogP contribution in [0.2, 0.25) is 0 Å². The van der Waals surface area contributed by atoms with E-state index in [-0.39, 0.29) is 12.0 Å². The second-order valence-electron chi connectivity index (χ2n) is 5.91. The summed E-state index contributed by atoms with van der Waals surface area (Å²) in [5, 5.41) is 8.19. The Morgan fingerprint density at radius 2 is 2.12 bits per heavy atom. The second kappa shape index (κ2) is 7.33. The quantitative estimate of drug-likeness (QED) is 0.687. The minimum atomic E-state index is -0.0451. The van der Waals surface area contributed by atoms with E-state index in [4.69, 9.17) is 4.74 Å². The zero-order valence-electron chi connectivity index (χ0n) is 13.6. The van der Waals surface area contributed by atoms with E-state index in [9.17, 15) is 4.79 Å². The first-order valence-electron chi connectivity index (χ1n) is 7.75. The van der Waals surface area contributed by atoms with Gasteiger partial charge in [0.1, 0.15) is 6.10 Å². The van der Waals surface area contributed by atoms with Crippen molar-refractivity contribution < 1.29 is 9.53 Å². The van der Waals surface area contributed by atoms with Gasteiger partial charge < -0.3 is 14.5 Å². The Labute approximate surface area is 155 Å². The zero-order chi connectivity index (χ0) is 17.1. The van der Waals surface area contributed by atoms with Crippen molar-refractivity contribution in [1.82, 2.24) is 15.1 Å². The number of rotatable bonds is 4. The molecule has 1 aliphatic heterocycles. The SMILES string of the molecule is CN(C)c1ccc(OC2CCN(C(=O)c3cccc(I)c3)C2)nn1. The Balaban J connectivity index is 1.60. The van der Waals surface area contributed by atoms with Crippen LogP contribution in [0.1, 0.15) is 16.8 Å². The molecule has 3 rings (SSSR count). The summed E-state index contributed by atoms with van der Waals surface area (Å²) in [6.07, 6.45) is 0.753. The highest BCUT2D eigenvalue weighted by atomic mass is 127. The van der Waals surface area contributed by atoms with Crippen LogP contribution in [-0.2, 0) is 0 Å². The first-order valence-corrected chi connectivity index (χ1v) is 8.83. The Bertz CT molecular complexity index is 721. The highest BCUT2D eigenvalue weighted by Gasteiger charge is 2.28. The van der Waals surface area contributed by atoms with Crippen LogP contribution in [0.4, 0.5) is 5.82 Å². The molecule has 0 spiro atoms.